The number of anilines is 1. The molecule has 0 atom stereocenters. The number of rotatable bonds is 2. The number of nitrogens with one attached hydrogen (secondary N) is 2. The van der Waals surface area contributed by atoms with Crippen LogP contribution < -0.4 is 5.32 Å². The summed E-state index contributed by atoms with van der Waals surface area (Å²) in [5.41, 5.74) is 3.44. The first kappa shape index (κ1) is 14.5. The van der Waals surface area contributed by atoms with E-state index in [9.17, 15) is 4.79 Å². The van der Waals surface area contributed by atoms with Crippen LogP contribution in [0.3, 0.4) is 0 Å². The summed E-state index contributed by atoms with van der Waals surface area (Å²) in [6, 6.07) is 17.9. The molecule has 5 heteroatoms. The van der Waals surface area contributed by atoms with Crippen LogP contribution >= 0.6 is 0 Å². The van der Waals surface area contributed by atoms with E-state index in [0.29, 0.717) is 18.9 Å². The van der Waals surface area contributed by atoms with Gasteiger partial charge in [-0.3, -0.25) is 10.4 Å². The number of para-hydroxylation sites is 1. The van der Waals surface area contributed by atoms with Gasteiger partial charge in [0, 0.05) is 18.5 Å². The summed E-state index contributed by atoms with van der Waals surface area (Å²) in [4.78, 5) is 14.3. The van der Waals surface area contributed by atoms with Crippen LogP contribution in [0, 0.1) is 0 Å². The fourth-order valence-corrected chi connectivity index (χ4v) is 3.01. The first-order valence-corrected chi connectivity index (χ1v) is 8.05. The predicted octanol–water partition coefficient (Wildman–Crippen LogP) is 3.88. The average Bonchev–Trinajstić information content (AvgIpc) is 3.06. The number of hydrogen-bond donors (Lipinski definition) is 2. The molecule has 24 heavy (non-hydrogen) atoms. The Hall–Kier alpha value is -3.08. The molecule has 5 nitrogen and oxygen atoms in total. The normalized spacial score (nSPS) is 14.5. The Labute approximate surface area is 140 Å². The van der Waals surface area contributed by atoms with E-state index in [4.69, 9.17) is 0 Å². The van der Waals surface area contributed by atoms with Crippen molar-refractivity contribution < 1.29 is 4.79 Å². The maximum Gasteiger partial charge on any atom is 0.323 e. The van der Waals surface area contributed by atoms with Crippen LogP contribution in [0.2, 0.25) is 0 Å². The van der Waals surface area contributed by atoms with Gasteiger partial charge in [-0.15, -0.1) is 0 Å². The van der Waals surface area contributed by atoms with Crippen LogP contribution in [-0.4, -0.2) is 34.2 Å². The molecule has 2 amide bonds. The quantitative estimate of drug-likeness (QED) is 0.753. The van der Waals surface area contributed by atoms with E-state index in [1.807, 2.05) is 42.5 Å². The minimum absolute atomic E-state index is 0.115. The molecule has 1 aliphatic rings. The molecule has 0 saturated carbocycles. The zero-order chi connectivity index (χ0) is 16.4. The van der Waals surface area contributed by atoms with Gasteiger partial charge >= 0.3 is 6.03 Å². The number of hydrogen-bond acceptors (Lipinski definition) is 2. The van der Waals surface area contributed by atoms with Gasteiger partial charge in [-0.2, -0.15) is 5.10 Å². The van der Waals surface area contributed by atoms with Gasteiger partial charge in [-0.05, 0) is 29.7 Å². The zero-order valence-corrected chi connectivity index (χ0v) is 13.2. The molecule has 2 N–H and O–H groups in total. The molecule has 3 aromatic rings. The molecule has 0 fully saturated rings. The average molecular weight is 318 g/mol. The molecular weight excluding hydrogens is 300 g/mol. The van der Waals surface area contributed by atoms with E-state index < -0.39 is 0 Å². The molecule has 0 saturated heterocycles. The van der Waals surface area contributed by atoms with Crippen molar-refractivity contribution in [1.82, 2.24) is 15.1 Å². The molecule has 0 radical (unpaired) electrons. The van der Waals surface area contributed by atoms with Crippen molar-refractivity contribution in [2.24, 2.45) is 0 Å². The van der Waals surface area contributed by atoms with E-state index in [1.165, 1.54) is 11.1 Å². The Bertz CT molecular complexity index is 898. The van der Waals surface area contributed by atoms with E-state index in [0.717, 1.165) is 17.3 Å². The highest BCUT2D eigenvalue weighted by Gasteiger charge is 2.19. The molecule has 2 heterocycles. The van der Waals surface area contributed by atoms with Crippen molar-refractivity contribution in [2.45, 2.75) is 6.42 Å². The topological polar surface area (TPSA) is 61.0 Å². The van der Waals surface area contributed by atoms with Crippen LogP contribution in [-0.2, 0) is 0 Å². The minimum Gasteiger partial charge on any atom is -0.320 e. The lowest BCUT2D eigenvalue weighted by atomic mass is 10.00. The number of nitrogens with zero attached hydrogens (tertiary/aromatic N) is 2. The highest BCUT2D eigenvalue weighted by Crippen LogP contribution is 2.23. The SMILES string of the molecule is O=C(Nc1n[nH]c2ccccc12)N1CC=C(c2ccccc2)CC1. The Balaban J connectivity index is 1.46. The number of urea groups is 1. The van der Waals surface area contributed by atoms with Crippen LogP contribution in [0.25, 0.3) is 16.5 Å². The zero-order valence-electron chi connectivity index (χ0n) is 13.2. The summed E-state index contributed by atoms with van der Waals surface area (Å²) in [5.74, 6) is 0.577. The molecule has 1 aliphatic heterocycles. The molecule has 1 aromatic heterocycles. The summed E-state index contributed by atoms with van der Waals surface area (Å²) < 4.78 is 0. The highest BCUT2D eigenvalue weighted by atomic mass is 16.2. The third kappa shape index (κ3) is 2.76. The van der Waals surface area contributed by atoms with Crippen LogP contribution in [0.1, 0.15) is 12.0 Å². The third-order valence-electron chi connectivity index (χ3n) is 4.34. The van der Waals surface area contributed by atoms with Crippen molar-refractivity contribution in [3.8, 4) is 0 Å². The number of amides is 2. The van der Waals surface area contributed by atoms with Crippen LogP contribution in [0.4, 0.5) is 10.6 Å². The van der Waals surface area contributed by atoms with Gasteiger partial charge in [0.2, 0.25) is 0 Å². The summed E-state index contributed by atoms with van der Waals surface area (Å²) in [7, 11) is 0. The fourth-order valence-electron chi connectivity index (χ4n) is 3.01. The van der Waals surface area contributed by atoms with Crippen LogP contribution in [0.5, 0.6) is 0 Å². The Morgan fingerprint density at radius 3 is 2.67 bits per heavy atom. The lowest BCUT2D eigenvalue weighted by Gasteiger charge is -2.26. The highest BCUT2D eigenvalue weighted by molar-refractivity contribution is 5.99. The molecule has 0 aliphatic carbocycles. The lowest BCUT2D eigenvalue weighted by molar-refractivity contribution is 0.217. The number of carbonyl (C=O) groups excluding carboxylic acids is 1. The molecule has 0 bridgehead atoms. The van der Waals surface area contributed by atoms with Crippen molar-refractivity contribution in [2.75, 3.05) is 18.4 Å². The Morgan fingerprint density at radius 2 is 1.88 bits per heavy atom. The largest absolute Gasteiger partial charge is 0.323 e. The lowest BCUT2D eigenvalue weighted by Crippen LogP contribution is -2.38. The molecule has 120 valence electrons. The van der Waals surface area contributed by atoms with Gasteiger partial charge in [0.25, 0.3) is 0 Å². The second-order valence-electron chi connectivity index (χ2n) is 5.84. The van der Waals surface area contributed by atoms with Crippen molar-refractivity contribution in [3.05, 3.63) is 66.2 Å². The molecule has 0 spiro atoms. The number of fused-ring (bicyclic) bond motifs is 1. The number of H-pyrrole nitrogens is 1. The maximum absolute atomic E-state index is 12.5. The summed E-state index contributed by atoms with van der Waals surface area (Å²) in [5, 5.41) is 10.9. The van der Waals surface area contributed by atoms with Crippen molar-refractivity contribution in [1.29, 1.82) is 0 Å². The Morgan fingerprint density at radius 1 is 1.08 bits per heavy atom. The minimum atomic E-state index is -0.115. The summed E-state index contributed by atoms with van der Waals surface area (Å²) in [6.45, 7) is 1.31. The smallest absolute Gasteiger partial charge is 0.320 e. The monoisotopic (exact) mass is 318 g/mol. The number of aromatic amines is 1. The molecule has 0 unspecified atom stereocenters. The molecule has 4 rings (SSSR count). The van der Waals surface area contributed by atoms with E-state index in [2.05, 4.69) is 33.7 Å². The number of benzene rings is 2. The third-order valence-corrected chi connectivity index (χ3v) is 4.34. The van der Waals surface area contributed by atoms with Gasteiger partial charge in [0.1, 0.15) is 0 Å². The summed E-state index contributed by atoms with van der Waals surface area (Å²) in [6.07, 6.45) is 2.99. The maximum atomic E-state index is 12.5. The fraction of sp³-hybridized carbons (Fsp3) is 0.158. The Kier molecular flexibility index (Phi) is 3.75. The number of aromatic nitrogens is 2. The van der Waals surface area contributed by atoms with Crippen LogP contribution in [0.15, 0.2) is 60.7 Å². The second-order valence-corrected chi connectivity index (χ2v) is 5.84. The summed E-state index contributed by atoms with van der Waals surface area (Å²) >= 11 is 0. The number of carbonyl (C=O) groups is 1. The van der Waals surface area contributed by atoms with Crippen molar-refractivity contribution >= 4 is 28.3 Å². The predicted molar refractivity (Wildman–Crippen MR) is 95.7 cm³/mol. The standard InChI is InChI=1S/C19H18N4O/c24-19(20-18-16-8-4-5-9-17(16)21-22-18)23-12-10-15(11-13-23)14-6-2-1-3-7-14/h1-10H,11-13H2,(H2,20,21,22,24). The van der Waals surface area contributed by atoms with E-state index in [-0.39, 0.29) is 6.03 Å². The second kappa shape index (κ2) is 6.20. The van der Waals surface area contributed by atoms with E-state index >= 15 is 0 Å². The van der Waals surface area contributed by atoms with Gasteiger partial charge in [0.15, 0.2) is 5.82 Å². The first-order chi connectivity index (χ1) is 11.8. The van der Waals surface area contributed by atoms with Gasteiger partial charge in [-0.25, -0.2) is 4.79 Å². The first-order valence-electron chi connectivity index (χ1n) is 8.05. The van der Waals surface area contributed by atoms with E-state index in [1.54, 1.807) is 4.90 Å². The van der Waals surface area contributed by atoms with Crippen molar-refractivity contribution in [3.63, 3.8) is 0 Å². The molecular formula is C19H18N4O. The van der Waals surface area contributed by atoms with Gasteiger partial charge in [0.05, 0.1) is 5.52 Å². The van der Waals surface area contributed by atoms with Gasteiger partial charge in [-0.1, -0.05) is 48.5 Å². The van der Waals surface area contributed by atoms with Gasteiger partial charge < -0.3 is 4.90 Å². The molecule has 2 aromatic carbocycles.